The van der Waals surface area contributed by atoms with Crippen molar-refractivity contribution in [2.24, 2.45) is 0 Å². The number of phenols is 1. The lowest BCUT2D eigenvalue weighted by Crippen LogP contribution is -2.46. The van der Waals surface area contributed by atoms with E-state index in [0.717, 1.165) is 27.5 Å². The molecule has 1 aliphatic rings. The Labute approximate surface area is 260 Å². The van der Waals surface area contributed by atoms with Crippen molar-refractivity contribution in [3.63, 3.8) is 0 Å². The lowest BCUT2D eigenvalue weighted by molar-refractivity contribution is -0.127. The number of benzene rings is 4. The molecule has 1 aromatic heterocycles. The highest BCUT2D eigenvalue weighted by Gasteiger charge is 2.28. The largest absolute Gasteiger partial charge is 0.508 e. The number of phenolic OH excluding ortho intramolecular Hbond substituents is 1. The van der Waals surface area contributed by atoms with Crippen LogP contribution in [0.2, 0.25) is 5.02 Å². The summed E-state index contributed by atoms with van der Waals surface area (Å²) in [6.45, 7) is 10.6. The Morgan fingerprint density at radius 3 is 2.39 bits per heavy atom. The Balaban J connectivity index is 1.69. The summed E-state index contributed by atoms with van der Waals surface area (Å²) in [5, 5.41) is 12.8. The first-order valence-corrected chi connectivity index (χ1v) is 15.2. The number of hydrogen-bond donors (Lipinski definition) is 1. The van der Waals surface area contributed by atoms with E-state index in [4.69, 9.17) is 11.6 Å². The van der Waals surface area contributed by atoms with Gasteiger partial charge in [0, 0.05) is 24.7 Å². The average Bonchev–Trinajstić information content (AvgIpc) is 3.01. The first-order valence-electron chi connectivity index (χ1n) is 14.8. The van der Waals surface area contributed by atoms with Gasteiger partial charge in [-0.25, -0.2) is 0 Å². The van der Waals surface area contributed by atoms with E-state index in [0.29, 0.717) is 53.2 Å². The predicted molar refractivity (Wildman–Crippen MR) is 177 cm³/mol. The lowest BCUT2D eigenvalue weighted by Gasteiger charge is -2.33. The third-order valence-electron chi connectivity index (χ3n) is 8.74. The number of aromatic hydroxyl groups is 1. The van der Waals surface area contributed by atoms with Gasteiger partial charge < -0.3 is 10.0 Å². The molecule has 4 aromatic carbocycles. The maximum atomic E-state index is 14.3. The number of aromatic nitrogens is 2. The molecule has 7 nitrogen and oxygen atoms in total. The molecular weight excluding hydrogens is 574 g/mol. The van der Waals surface area contributed by atoms with E-state index in [2.05, 4.69) is 20.4 Å². The Bertz CT molecular complexity index is 2080. The molecule has 1 amide bonds. The van der Waals surface area contributed by atoms with Crippen LogP contribution in [0.4, 0.5) is 0 Å². The summed E-state index contributed by atoms with van der Waals surface area (Å²) in [4.78, 5) is 42.3. The van der Waals surface area contributed by atoms with Gasteiger partial charge in [0.2, 0.25) is 5.91 Å². The van der Waals surface area contributed by atoms with Gasteiger partial charge in [0.25, 0.3) is 0 Å². The van der Waals surface area contributed by atoms with Gasteiger partial charge in [-0.2, -0.15) is 0 Å². The van der Waals surface area contributed by atoms with E-state index in [-0.39, 0.29) is 23.6 Å². The number of amides is 1. The number of carbonyl (C=O) groups excluding carboxylic acids is 1. The molecule has 0 atom stereocenters. The second kappa shape index (κ2) is 11.5. The van der Waals surface area contributed by atoms with Gasteiger partial charge in [-0.3, -0.25) is 23.5 Å². The van der Waals surface area contributed by atoms with Crippen LogP contribution in [-0.4, -0.2) is 38.1 Å². The van der Waals surface area contributed by atoms with Crippen LogP contribution in [0.3, 0.4) is 0 Å². The van der Waals surface area contributed by atoms with Crippen molar-refractivity contribution in [2.45, 2.75) is 45.6 Å². The van der Waals surface area contributed by atoms with Gasteiger partial charge in [-0.1, -0.05) is 74.5 Å². The minimum absolute atomic E-state index is 0.0859. The number of para-hydroxylation sites is 1. The summed E-state index contributed by atoms with van der Waals surface area (Å²) >= 11 is 7.04. The number of carbonyl (C=O) groups is 1. The second-order valence-corrected chi connectivity index (χ2v) is 12.2. The molecule has 1 fully saturated rings. The van der Waals surface area contributed by atoms with Crippen molar-refractivity contribution in [3.8, 4) is 22.6 Å². The van der Waals surface area contributed by atoms with Crippen LogP contribution < -0.4 is 11.1 Å². The van der Waals surface area contributed by atoms with Crippen molar-refractivity contribution in [2.75, 3.05) is 13.1 Å². The Morgan fingerprint density at radius 1 is 0.955 bits per heavy atom. The van der Waals surface area contributed by atoms with Gasteiger partial charge in [0.1, 0.15) is 5.75 Å². The van der Waals surface area contributed by atoms with E-state index in [1.807, 2.05) is 55.5 Å². The number of halogens is 1. The average molecular weight is 608 g/mol. The summed E-state index contributed by atoms with van der Waals surface area (Å²) in [5.74, 6) is 0.0321. The molecule has 0 aliphatic carbocycles. The molecule has 1 saturated heterocycles. The van der Waals surface area contributed by atoms with Crippen LogP contribution >= 0.6 is 11.6 Å². The third-order valence-corrected chi connectivity index (χ3v) is 9.05. The van der Waals surface area contributed by atoms with E-state index in [1.165, 1.54) is 6.08 Å². The molecule has 1 N–H and O–H groups in total. The van der Waals surface area contributed by atoms with Gasteiger partial charge in [-0.15, -0.1) is 0 Å². The molecule has 224 valence electrons. The molecule has 5 aromatic rings. The normalized spacial score (nSPS) is 14.1. The molecule has 2 heterocycles. The third kappa shape index (κ3) is 4.91. The molecule has 0 unspecified atom stereocenters. The molecule has 8 heteroatoms. The van der Waals surface area contributed by atoms with Crippen molar-refractivity contribution in [1.29, 1.82) is 0 Å². The Hall–Kier alpha value is -4.62. The van der Waals surface area contributed by atoms with Crippen LogP contribution in [0.15, 0.2) is 89.0 Å². The summed E-state index contributed by atoms with van der Waals surface area (Å²) in [5.41, 5.74) is 3.66. The zero-order chi connectivity index (χ0) is 31.3. The number of nitrogens with zero attached hydrogens (tertiary/aromatic N) is 3. The Kier molecular flexibility index (Phi) is 7.68. The van der Waals surface area contributed by atoms with Gasteiger partial charge >= 0.3 is 11.1 Å². The van der Waals surface area contributed by atoms with Gasteiger partial charge in [-0.05, 0) is 83.5 Å². The van der Waals surface area contributed by atoms with Crippen LogP contribution in [0.5, 0.6) is 5.75 Å². The molecule has 6 rings (SSSR count). The van der Waals surface area contributed by atoms with Crippen LogP contribution in [0, 0.1) is 6.92 Å². The molecule has 0 bridgehead atoms. The van der Waals surface area contributed by atoms with Gasteiger partial charge in [0.05, 0.1) is 21.7 Å². The van der Waals surface area contributed by atoms with E-state index < -0.39 is 11.1 Å². The minimum Gasteiger partial charge on any atom is -0.508 e. The second-order valence-electron chi connectivity index (χ2n) is 11.8. The summed E-state index contributed by atoms with van der Waals surface area (Å²) < 4.78 is 3.12. The fraction of sp³-hybridized carbons (Fsp3) is 0.250. The zero-order valence-corrected chi connectivity index (χ0v) is 25.8. The van der Waals surface area contributed by atoms with Gasteiger partial charge in [0.15, 0.2) is 0 Å². The first-order chi connectivity index (χ1) is 21.1. The highest BCUT2D eigenvalue weighted by Crippen LogP contribution is 2.40. The Morgan fingerprint density at radius 2 is 1.68 bits per heavy atom. The number of rotatable bonds is 5. The highest BCUT2D eigenvalue weighted by molar-refractivity contribution is 6.34. The maximum Gasteiger partial charge on any atom is 0.321 e. The van der Waals surface area contributed by atoms with Crippen molar-refractivity contribution in [3.05, 3.63) is 116 Å². The van der Waals surface area contributed by atoms with Crippen molar-refractivity contribution in [1.82, 2.24) is 14.0 Å². The fourth-order valence-electron chi connectivity index (χ4n) is 6.58. The molecule has 0 saturated carbocycles. The number of piperidine rings is 1. The first kappa shape index (κ1) is 29.5. The lowest BCUT2D eigenvalue weighted by atomic mass is 9.95. The van der Waals surface area contributed by atoms with E-state index in [9.17, 15) is 19.5 Å². The van der Waals surface area contributed by atoms with Crippen LogP contribution in [-0.2, 0) is 4.79 Å². The topological polar surface area (TPSA) is 84.5 Å². The number of aryl methyl sites for hydroxylation is 1. The molecule has 0 radical (unpaired) electrons. The van der Waals surface area contributed by atoms with E-state index in [1.54, 1.807) is 32.2 Å². The monoisotopic (exact) mass is 607 g/mol. The predicted octanol–water partition coefficient (Wildman–Crippen LogP) is 7.11. The molecule has 0 spiro atoms. The van der Waals surface area contributed by atoms with E-state index >= 15 is 0 Å². The van der Waals surface area contributed by atoms with Crippen LogP contribution in [0.25, 0.3) is 38.6 Å². The highest BCUT2D eigenvalue weighted by atomic mass is 35.5. The quantitative estimate of drug-likeness (QED) is 0.170. The summed E-state index contributed by atoms with van der Waals surface area (Å²) in [6, 6.07) is 20.3. The van der Waals surface area contributed by atoms with Crippen molar-refractivity contribution >= 4 is 39.3 Å². The standard InChI is InChI=1S/C36H34ClN3O4/c1-5-33(42)38-15-13-24(14-16-38)39-32-20-30(37)29(28-18-25(41)17-23-10-6-7-11-27(23)28)19-31(32)40(36(44)35(39)43)34-22(4)9-8-12-26(34)21(2)3/h5-12,17-21,24,41H,1,13-16H2,2-4H3. The number of likely N-dealkylation sites (tertiary alicyclic amines) is 1. The fourth-order valence-corrected chi connectivity index (χ4v) is 6.84. The minimum atomic E-state index is -0.646. The van der Waals surface area contributed by atoms with Crippen molar-refractivity contribution < 1.29 is 9.90 Å². The summed E-state index contributed by atoms with van der Waals surface area (Å²) in [6.07, 6.45) is 2.32. The SMILES string of the molecule is C=CC(=O)N1CCC(n2c(=O)c(=O)n(-c3c(C)cccc3C(C)C)c3cc(-c4cc(O)cc5ccccc45)c(Cl)cc32)CC1. The smallest absolute Gasteiger partial charge is 0.321 e. The number of hydrogen-bond acceptors (Lipinski definition) is 4. The molecular formula is C36H34ClN3O4. The molecule has 44 heavy (non-hydrogen) atoms. The zero-order valence-electron chi connectivity index (χ0n) is 25.0. The van der Waals surface area contributed by atoms with Crippen LogP contribution in [0.1, 0.15) is 49.8 Å². The number of fused-ring (bicyclic) bond motifs is 2. The molecule has 1 aliphatic heterocycles. The maximum absolute atomic E-state index is 14.3. The summed E-state index contributed by atoms with van der Waals surface area (Å²) in [7, 11) is 0.